The predicted octanol–water partition coefficient (Wildman–Crippen LogP) is 2.09. The lowest BCUT2D eigenvalue weighted by atomic mass is 9.79. The molecule has 0 spiro atoms. The molecular formula is C16H28N2O2. The first-order valence-electron chi connectivity index (χ1n) is 8.34. The summed E-state index contributed by atoms with van der Waals surface area (Å²) in [5, 5.41) is 13.1. The van der Waals surface area contributed by atoms with Gasteiger partial charge in [0, 0.05) is 31.2 Å². The van der Waals surface area contributed by atoms with Crippen LogP contribution in [-0.2, 0) is 4.79 Å². The average Bonchev–Trinajstić information content (AvgIpc) is 2.87. The summed E-state index contributed by atoms with van der Waals surface area (Å²) in [4.78, 5) is 13.9. The van der Waals surface area contributed by atoms with Crippen LogP contribution < -0.4 is 5.32 Å². The summed E-state index contributed by atoms with van der Waals surface area (Å²) in [6, 6.07) is 1.65. The van der Waals surface area contributed by atoms with Crippen molar-refractivity contribution >= 4 is 5.97 Å². The molecule has 0 amide bonds. The summed E-state index contributed by atoms with van der Waals surface area (Å²) in [7, 11) is 0. The van der Waals surface area contributed by atoms with Gasteiger partial charge in [0.15, 0.2) is 0 Å². The molecule has 2 unspecified atom stereocenters. The van der Waals surface area contributed by atoms with Crippen LogP contribution in [0.3, 0.4) is 0 Å². The highest BCUT2D eigenvalue weighted by Gasteiger charge is 2.39. The van der Waals surface area contributed by atoms with Gasteiger partial charge in [0.1, 0.15) is 0 Å². The Morgan fingerprint density at radius 2 is 1.80 bits per heavy atom. The van der Waals surface area contributed by atoms with Crippen molar-refractivity contribution < 1.29 is 9.90 Å². The van der Waals surface area contributed by atoms with Crippen molar-refractivity contribution in [1.82, 2.24) is 10.2 Å². The maximum atomic E-state index is 11.4. The van der Waals surface area contributed by atoms with E-state index in [0.29, 0.717) is 18.1 Å². The monoisotopic (exact) mass is 280 g/mol. The number of aliphatic carboxylic acids is 1. The number of carboxylic acid groups (broad SMARTS) is 1. The van der Waals surface area contributed by atoms with Crippen LogP contribution in [0.25, 0.3) is 0 Å². The van der Waals surface area contributed by atoms with Crippen LogP contribution in [0, 0.1) is 11.8 Å². The largest absolute Gasteiger partial charge is 0.481 e. The number of carbonyl (C=O) groups is 1. The minimum atomic E-state index is -0.611. The van der Waals surface area contributed by atoms with Crippen LogP contribution in [0.4, 0.5) is 0 Å². The first-order chi connectivity index (χ1) is 9.61. The zero-order valence-corrected chi connectivity index (χ0v) is 12.6. The third-order valence-electron chi connectivity index (χ3n) is 5.52. The Labute approximate surface area is 121 Å². The summed E-state index contributed by atoms with van der Waals surface area (Å²) in [6.07, 6.45) is 8.52. The van der Waals surface area contributed by atoms with Gasteiger partial charge in [-0.15, -0.1) is 0 Å². The van der Waals surface area contributed by atoms with Gasteiger partial charge in [-0.2, -0.15) is 0 Å². The van der Waals surface area contributed by atoms with Crippen LogP contribution in [0.5, 0.6) is 0 Å². The summed E-state index contributed by atoms with van der Waals surface area (Å²) in [6.45, 7) is 4.11. The standard InChI is InChI=1S/C16H28N2O2/c1-11-6-15(7-11)18-9-12(16(19)20)8-14(10-18)17-13-4-2-3-5-13/h11-15,17H,2-10H2,1H3,(H,19,20). The number of nitrogens with one attached hydrogen (secondary N) is 1. The Balaban J connectivity index is 1.59. The maximum Gasteiger partial charge on any atom is 0.307 e. The van der Waals surface area contributed by atoms with Gasteiger partial charge >= 0.3 is 5.97 Å². The van der Waals surface area contributed by atoms with E-state index >= 15 is 0 Å². The van der Waals surface area contributed by atoms with Gasteiger partial charge in [-0.3, -0.25) is 9.69 Å². The van der Waals surface area contributed by atoms with Crippen LogP contribution in [-0.4, -0.2) is 47.2 Å². The molecule has 2 N–H and O–H groups in total. The maximum absolute atomic E-state index is 11.4. The molecule has 3 fully saturated rings. The van der Waals surface area contributed by atoms with E-state index < -0.39 is 5.97 Å². The molecule has 0 bridgehead atoms. The van der Waals surface area contributed by atoms with Crippen LogP contribution in [0.2, 0.25) is 0 Å². The van der Waals surface area contributed by atoms with Crippen LogP contribution >= 0.6 is 0 Å². The summed E-state index contributed by atoms with van der Waals surface area (Å²) < 4.78 is 0. The second kappa shape index (κ2) is 6.02. The number of likely N-dealkylation sites (tertiary alicyclic amines) is 1. The SMILES string of the molecule is CC1CC(N2CC(NC3CCCC3)CC(C(=O)O)C2)C1. The van der Waals surface area contributed by atoms with Crippen LogP contribution in [0.15, 0.2) is 0 Å². The third kappa shape index (κ3) is 3.17. The molecule has 0 aromatic heterocycles. The predicted molar refractivity (Wildman–Crippen MR) is 78.7 cm³/mol. The fourth-order valence-electron chi connectivity index (χ4n) is 4.31. The molecule has 3 aliphatic rings. The Kier molecular flexibility index (Phi) is 4.32. The van der Waals surface area contributed by atoms with Gasteiger partial charge in [0.05, 0.1) is 5.92 Å². The lowest BCUT2D eigenvalue weighted by molar-refractivity contribution is -0.145. The van der Waals surface area contributed by atoms with E-state index in [-0.39, 0.29) is 5.92 Å². The van der Waals surface area contributed by atoms with E-state index in [9.17, 15) is 9.90 Å². The van der Waals surface area contributed by atoms with E-state index in [4.69, 9.17) is 0 Å². The number of nitrogens with zero attached hydrogens (tertiary/aromatic N) is 1. The molecule has 0 radical (unpaired) electrons. The summed E-state index contributed by atoms with van der Waals surface area (Å²) in [5.74, 6) is 0.0327. The van der Waals surface area contributed by atoms with E-state index in [1.807, 2.05) is 0 Å². The fourth-order valence-corrected chi connectivity index (χ4v) is 4.31. The molecule has 0 aromatic rings. The topological polar surface area (TPSA) is 52.6 Å². The Bertz CT molecular complexity index is 348. The third-order valence-corrected chi connectivity index (χ3v) is 5.52. The molecule has 114 valence electrons. The average molecular weight is 280 g/mol. The molecule has 1 saturated heterocycles. The Hall–Kier alpha value is -0.610. The summed E-state index contributed by atoms with van der Waals surface area (Å²) in [5.41, 5.74) is 0. The lowest BCUT2D eigenvalue weighted by Crippen LogP contribution is -2.57. The first-order valence-corrected chi connectivity index (χ1v) is 8.34. The van der Waals surface area contributed by atoms with Gasteiger partial charge in [0.2, 0.25) is 0 Å². The van der Waals surface area contributed by atoms with E-state index in [1.54, 1.807) is 0 Å². The molecule has 1 heterocycles. The Morgan fingerprint density at radius 1 is 1.10 bits per heavy atom. The van der Waals surface area contributed by atoms with Crippen molar-refractivity contribution in [2.75, 3.05) is 13.1 Å². The number of carboxylic acids is 1. The summed E-state index contributed by atoms with van der Waals surface area (Å²) >= 11 is 0. The number of rotatable bonds is 4. The van der Waals surface area contributed by atoms with Gasteiger partial charge in [-0.1, -0.05) is 19.8 Å². The second-order valence-corrected chi connectivity index (χ2v) is 7.30. The smallest absolute Gasteiger partial charge is 0.307 e. The number of hydrogen-bond acceptors (Lipinski definition) is 3. The first kappa shape index (κ1) is 14.3. The fraction of sp³-hybridized carbons (Fsp3) is 0.938. The molecule has 0 aromatic carbocycles. The van der Waals surface area contributed by atoms with Gasteiger partial charge in [-0.25, -0.2) is 0 Å². The van der Waals surface area contributed by atoms with E-state index in [0.717, 1.165) is 25.4 Å². The van der Waals surface area contributed by atoms with Crippen molar-refractivity contribution in [1.29, 1.82) is 0 Å². The zero-order chi connectivity index (χ0) is 14.1. The molecule has 2 atom stereocenters. The molecule has 4 nitrogen and oxygen atoms in total. The Morgan fingerprint density at radius 3 is 2.40 bits per heavy atom. The van der Waals surface area contributed by atoms with Crippen molar-refractivity contribution in [3.63, 3.8) is 0 Å². The molecular weight excluding hydrogens is 252 g/mol. The zero-order valence-electron chi connectivity index (χ0n) is 12.6. The number of hydrogen-bond donors (Lipinski definition) is 2. The number of piperidine rings is 1. The van der Waals surface area contributed by atoms with Crippen molar-refractivity contribution in [3.05, 3.63) is 0 Å². The van der Waals surface area contributed by atoms with Gasteiger partial charge in [0.25, 0.3) is 0 Å². The van der Waals surface area contributed by atoms with Crippen molar-refractivity contribution in [2.24, 2.45) is 11.8 Å². The molecule has 4 heteroatoms. The molecule has 20 heavy (non-hydrogen) atoms. The molecule has 3 rings (SSSR count). The highest BCUT2D eigenvalue weighted by Crippen LogP contribution is 2.34. The minimum absolute atomic E-state index is 0.182. The van der Waals surface area contributed by atoms with Gasteiger partial charge < -0.3 is 10.4 Å². The lowest BCUT2D eigenvalue weighted by Gasteiger charge is -2.47. The molecule has 2 saturated carbocycles. The molecule has 1 aliphatic heterocycles. The highest BCUT2D eigenvalue weighted by molar-refractivity contribution is 5.70. The quantitative estimate of drug-likeness (QED) is 0.828. The molecule has 2 aliphatic carbocycles. The minimum Gasteiger partial charge on any atom is -0.481 e. The second-order valence-electron chi connectivity index (χ2n) is 7.30. The van der Waals surface area contributed by atoms with E-state index in [1.165, 1.54) is 38.5 Å². The highest BCUT2D eigenvalue weighted by atomic mass is 16.4. The van der Waals surface area contributed by atoms with Crippen LogP contribution in [0.1, 0.15) is 51.9 Å². The van der Waals surface area contributed by atoms with E-state index in [2.05, 4.69) is 17.1 Å². The van der Waals surface area contributed by atoms with Gasteiger partial charge in [-0.05, 0) is 38.0 Å². The van der Waals surface area contributed by atoms with Crippen molar-refractivity contribution in [2.45, 2.75) is 70.0 Å². The normalized spacial score (nSPS) is 39.6. The van der Waals surface area contributed by atoms with Crippen molar-refractivity contribution in [3.8, 4) is 0 Å².